The first kappa shape index (κ1) is 12.5. The van der Waals surface area contributed by atoms with Crippen LogP contribution < -0.4 is 0 Å². The zero-order chi connectivity index (χ0) is 11.3. The Morgan fingerprint density at radius 2 is 2.13 bits per heavy atom. The second-order valence-electron chi connectivity index (χ2n) is 5.00. The number of piperazine rings is 1. The van der Waals surface area contributed by atoms with Crippen molar-refractivity contribution in [2.45, 2.75) is 32.7 Å². The third kappa shape index (κ3) is 4.19. The summed E-state index contributed by atoms with van der Waals surface area (Å²) < 4.78 is 0. The number of hydrogen-bond donors (Lipinski definition) is 0. The Morgan fingerprint density at radius 1 is 1.40 bits per heavy atom. The van der Waals surface area contributed by atoms with Gasteiger partial charge in [-0.2, -0.15) is 5.26 Å². The predicted molar refractivity (Wildman–Crippen MR) is 62.5 cm³/mol. The van der Waals surface area contributed by atoms with Gasteiger partial charge in [-0.3, -0.25) is 4.90 Å². The normalized spacial score (nSPS) is 24.3. The Bertz CT molecular complexity index is 219. The van der Waals surface area contributed by atoms with Gasteiger partial charge in [0.25, 0.3) is 0 Å². The molecule has 3 nitrogen and oxygen atoms in total. The molecular formula is C12H23N3. The summed E-state index contributed by atoms with van der Waals surface area (Å²) in [5.41, 5.74) is 0. The Kier molecular flexibility index (Phi) is 5.07. The predicted octanol–water partition coefficient (Wildman–Crippen LogP) is 1.56. The largest absolute Gasteiger partial charge is 0.304 e. The first-order valence-electron chi connectivity index (χ1n) is 5.93. The topological polar surface area (TPSA) is 30.3 Å². The van der Waals surface area contributed by atoms with Crippen LogP contribution in [-0.2, 0) is 0 Å². The standard InChI is InChI=1S/C12H23N3/c1-11(2)5-7-15-9-8-14(3)10-12(15)4-6-13/h11-12H,4-5,7-10H2,1-3H3. The quantitative estimate of drug-likeness (QED) is 0.704. The minimum atomic E-state index is 0.451. The van der Waals surface area contributed by atoms with Gasteiger partial charge in [-0.1, -0.05) is 13.8 Å². The molecule has 0 amide bonds. The van der Waals surface area contributed by atoms with Crippen LogP contribution in [0.25, 0.3) is 0 Å². The molecule has 0 aromatic heterocycles. The number of hydrogen-bond acceptors (Lipinski definition) is 3. The summed E-state index contributed by atoms with van der Waals surface area (Å²) in [5, 5.41) is 8.80. The van der Waals surface area contributed by atoms with Crippen molar-refractivity contribution in [3.63, 3.8) is 0 Å². The zero-order valence-corrected chi connectivity index (χ0v) is 10.2. The molecule has 0 aliphatic carbocycles. The van der Waals surface area contributed by atoms with Gasteiger partial charge in [-0.15, -0.1) is 0 Å². The van der Waals surface area contributed by atoms with Crippen LogP contribution >= 0.6 is 0 Å². The molecule has 0 spiro atoms. The van der Waals surface area contributed by atoms with Gasteiger partial charge in [-0.25, -0.2) is 0 Å². The van der Waals surface area contributed by atoms with Gasteiger partial charge in [-0.05, 0) is 25.9 Å². The molecule has 0 saturated carbocycles. The molecule has 0 radical (unpaired) electrons. The van der Waals surface area contributed by atoms with E-state index in [-0.39, 0.29) is 0 Å². The summed E-state index contributed by atoms with van der Waals surface area (Å²) in [4.78, 5) is 4.82. The van der Waals surface area contributed by atoms with E-state index in [4.69, 9.17) is 5.26 Å². The number of nitriles is 1. The molecule has 1 unspecified atom stereocenters. The molecule has 1 atom stereocenters. The van der Waals surface area contributed by atoms with Crippen molar-refractivity contribution in [1.29, 1.82) is 5.26 Å². The first-order valence-corrected chi connectivity index (χ1v) is 5.93. The Morgan fingerprint density at radius 3 is 2.73 bits per heavy atom. The molecule has 0 bridgehead atoms. The van der Waals surface area contributed by atoms with Gasteiger partial charge < -0.3 is 4.90 Å². The van der Waals surface area contributed by atoms with Gasteiger partial charge in [0.2, 0.25) is 0 Å². The molecule has 3 heteroatoms. The first-order chi connectivity index (χ1) is 7.13. The maximum absolute atomic E-state index is 8.80. The van der Waals surface area contributed by atoms with E-state index in [9.17, 15) is 0 Å². The molecule has 1 aliphatic heterocycles. The summed E-state index contributed by atoms with van der Waals surface area (Å²) in [6.45, 7) is 8.98. The molecule has 0 aromatic rings. The zero-order valence-electron chi connectivity index (χ0n) is 10.2. The molecule has 1 saturated heterocycles. The average Bonchev–Trinajstić information content (AvgIpc) is 2.17. The van der Waals surface area contributed by atoms with Crippen molar-refractivity contribution in [3.05, 3.63) is 0 Å². The maximum atomic E-state index is 8.80. The summed E-state index contributed by atoms with van der Waals surface area (Å²) in [5.74, 6) is 0.757. The smallest absolute Gasteiger partial charge is 0.0638 e. The Balaban J connectivity index is 2.42. The highest BCUT2D eigenvalue weighted by Gasteiger charge is 2.24. The van der Waals surface area contributed by atoms with Crippen molar-refractivity contribution in [2.24, 2.45) is 5.92 Å². The fourth-order valence-corrected chi connectivity index (χ4v) is 2.07. The van der Waals surface area contributed by atoms with E-state index in [2.05, 4.69) is 36.8 Å². The SMILES string of the molecule is CC(C)CCN1CCN(C)CC1CC#N. The van der Waals surface area contributed by atoms with Crippen molar-refractivity contribution in [3.8, 4) is 6.07 Å². The van der Waals surface area contributed by atoms with E-state index in [1.807, 2.05) is 0 Å². The van der Waals surface area contributed by atoms with E-state index in [1.165, 1.54) is 6.42 Å². The molecule has 0 N–H and O–H groups in total. The Labute approximate surface area is 93.7 Å². The molecule has 1 fully saturated rings. The minimum Gasteiger partial charge on any atom is -0.304 e. The maximum Gasteiger partial charge on any atom is 0.0638 e. The van der Waals surface area contributed by atoms with Gasteiger partial charge in [0, 0.05) is 25.7 Å². The fraction of sp³-hybridized carbons (Fsp3) is 0.917. The van der Waals surface area contributed by atoms with E-state index >= 15 is 0 Å². The van der Waals surface area contributed by atoms with E-state index in [0.29, 0.717) is 12.5 Å². The lowest BCUT2D eigenvalue weighted by molar-refractivity contribution is 0.0881. The number of nitrogens with zero attached hydrogens (tertiary/aromatic N) is 3. The van der Waals surface area contributed by atoms with Crippen LogP contribution in [0.15, 0.2) is 0 Å². The van der Waals surface area contributed by atoms with Crippen molar-refractivity contribution in [1.82, 2.24) is 9.80 Å². The molecule has 15 heavy (non-hydrogen) atoms. The summed E-state index contributed by atoms with van der Waals surface area (Å²) in [6.07, 6.45) is 1.91. The molecule has 86 valence electrons. The highest BCUT2D eigenvalue weighted by Crippen LogP contribution is 2.13. The van der Waals surface area contributed by atoms with Gasteiger partial charge in [0.1, 0.15) is 0 Å². The third-order valence-electron chi connectivity index (χ3n) is 3.13. The van der Waals surface area contributed by atoms with Gasteiger partial charge in [0.05, 0.1) is 12.5 Å². The average molecular weight is 209 g/mol. The summed E-state index contributed by atoms with van der Waals surface area (Å²) >= 11 is 0. The lowest BCUT2D eigenvalue weighted by Gasteiger charge is -2.39. The number of likely N-dealkylation sites (N-methyl/N-ethyl adjacent to an activating group) is 1. The van der Waals surface area contributed by atoms with Crippen LogP contribution in [0.4, 0.5) is 0 Å². The molecule has 1 rings (SSSR count). The van der Waals surface area contributed by atoms with E-state index in [1.54, 1.807) is 0 Å². The van der Waals surface area contributed by atoms with Gasteiger partial charge >= 0.3 is 0 Å². The summed E-state index contributed by atoms with van der Waals surface area (Å²) in [7, 11) is 2.14. The Hall–Kier alpha value is -0.590. The van der Waals surface area contributed by atoms with E-state index < -0.39 is 0 Å². The van der Waals surface area contributed by atoms with Crippen molar-refractivity contribution < 1.29 is 0 Å². The van der Waals surface area contributed by atoms with Crippen molar-refractivity contribution in [2.75, 3.05) is 33.2 Å². The van der Waals surface area contributed by atoms with Crippen LogP contribution in [0.1, 0.15) is 26.7 Å². The fourth-order valence-electron chi connectivity index (χ4n) is 2.07. The van der Waals surface area contributed by atoms with Crippen LogP contribution in [0.2, 0.25) is 0 Å². The molecule has 1 heterocycles. The van der Waals surface area contributed by atoms with Crippen LogP contribution in [0, 0.1) is 17.2 Å². The molecule has 1 aliphatic rings. The van der Waals surface area contributed by atoms with Gasteiger partial charge in [0.15, 0.2) is 0 Å². The lowest BCUT2D eigenvalue weighted by Crippen LogP contribution is -2.51. The van der Waals surface area contributed by atoms with Crippen LogP contribution in [0.5, 0.6) is 0 Å². The lowest BCUT2D eigenvalue weighted by atomic mass is 10.1. The molecular weight excluding hydrogens is 186 g/mol. The van der Waals surface area contributed by atoms with E-state index in [0.717, 1.165) is 32.1 Å². The highest BCUT2D eigenvalue weighted by molar-refractivity contribution is 4.88. The monoisotopic (exact) mass is 209 g/mol. The highest BCUT2D eigenvalue weighted by atomic mass is 15.3. The second kappa shape index (κ2) is 6.09. The number of rotatable bonds is 4. The summed E-state index contributed by atoms with van der Waals surface area (Å²) in [6, 6.07) is 2.76. The third-order valence-corrected chi connectivity index (χ3v) is 3.13. The minimum absolute atomic E-state index is 0.451. The van der Waals surface area contributed by atoms with Crippen LogP contribution in [0.3, 0.4) is 0 Å². The molecule has 0 aromatic carbocycles. The van der Waals surface area contributed by atoms with Crippen LogP contribution in [-0.4, -0.2) is 49.1 Å². The second-order valence-corrected chi connectivity index (χ2v) is 5.00. The van der Waals surface area contributed by atoms with Crippen molar-refractivity contribution >= 4 is 0 Å².